The zero-order valence-corrected chi connectivity index (χ0v) is 13.9. The van der Waals surface area contributed by atoms with Gasteiger partial charge in [0.25, 0.3) is 0 Å². The van der Waals surface area contributed by atoms with Gasteiger partial charge < -0.3 is 14.9 Å². The van der Waals surface area contributed by atoms with E-state index in [9.17, 15) is 4.39 Å². The normalized spacial score (nSPS) is 10.7. The summed E-state index contributed by atoms with van der Waals surface area (Å²) >= 11 is 9.39. The van der Waals surface area contributed by atoms with Gasteiger partial charge in [-0.1, -0.05) is 22.8 Å². The molecule has 1 aromatic heterocycles. The largest absolute Gasteiger partial charge is 0.488 e. The second-order valence-electron chi connectivity index (χ2n) is 4.62. The highest BCUT2D eigenvalue weighted by Gasteiger charge is 2.10. The lowest BCUT2D eigenvalue weighted by Gasteiger charge is -2.10. The number of nitrogens with zero attached hydrogens (tertiary/aromatic N) is 2. The summed E-state index contributed by atoms with van der Waals surface area (Å²) in [4.78, 5) is 0. The molecule has 8 heteroatoms. The second kappa shape index (κ2) is 6.55. The van der Waals surface area contributed by atoms with Crippen LogP contribution in [0.2, 0.25) is 5.02 Å². The van der Waals surface area contributed by atoms with E-state index < -0.39 is 0 Å². The lowest BCUT2D eigenvalue weighted by atomic mass is 10.2. The molecule has 0 saturated heterocycles. The van der Waals surface area contributed by atoms with Crippen molar-refractivity contribution in [1.29, 1.82) is 0 Å². The molecule has 2 N–H and O–H groups in total. The third-order valence-electron chi connectivity index (χ3n) is 3.02. The van der Waals surface area contributed by atoms with E-state index in [2.05, 4.69) is 26.1 Å². The molecular weight excluding hydrogens is 389 g/mol. The summed E-state index contributed by atoms with van der Waals surface area (Å²) in [5, 5.41) is 7.74. The van der Waals surface area contributed by atoms with Crippen LogP contribution in [0.15, 0.2) is 45.3 Å². The Labute approximate surface area is 144 Å². The molecule has 2 aromatic carbocycles. The highest BCUT2D eigenvalue weighted by atomic mass is 79.9. The molecule has 5 nitrogen and oxygen atoms in total. The number of halogens is 3. The Morgan fingerprint density at radius 1 is 1.22 bits per heavy atom. The second-order valence-corrected chi connectivity index (χ2v) is 5.88. The molecule has 3 aromatic rings. The third kappa shape index (κ3) is 3.62. The highest BCUT2D eigenvalue weighted by molar-refractivity contribution is 9.10. The van der Waals surface area contributed by atoms with Gasteiger partial charge >= 0.3 is 6.01 Å². The zero-order chi connectivity index (χ0) is 16.4. The zero-order valence-electron chi connectivity index (χ0n) is 11.6. The molecule has 1 heterocycles. The predicted octanol–water partition coefficient (Wildman–Crippen LogP) is 4.45. The number of hydrogen-bond donors (Lipinski definition) is 1. The Bertz CT molecular complexity index is 856. The van der Waals surface area contributed by atoms with E-state index in [1.54, 1.807) is 24.3 Å². The molecule has 3 rings (SSSR count). The molecule has 0 bridgehead atoms. The van der Waals surface area contributed by atoms with E-state index in [4.69, 9.17) is 26.5 Å². The van der Waals surface area contributed by atoms with Gasteiger partial charge in [0.1, 0.15) is 18.2 Å². The van der Waals surface area contributed by atoms with Gasteiger partial charge in [-0.3, -0.25) is 0 Å². The van der Waals surface area contributed by atoms with Crippen molar-refractivity contribution in [1.82, 2.24) is 10.2 Å². The Morgan fingerprint density at radius 3 is 2.70 bits per heavy atom. The van der Waals surface area contributed by atoms with Gasteiger partial charge in [-0.25, -0.2) is 4.39 Å². The standard InChI is InChI=1S/C15H10BrClFN3O2/c16-11-5-8(14-20-21-15(19)23-14)2-4-13(11)22-7-9-1-3-10(18)6-12(9)17/h1-6H,7H2,(H2,19,21). The average Bonchev–Trinajstić information content (AvgIpc) is 2.94. The summed E-state index contributed by atoms with van der Waals surface area (Å²) in [5.74, 6) is 0.529. The van der Waals surface area contributed by atoms with Crippen LogP contribution in [-0.4, -0.2) is 10.2 Å². The van der Waals surface area contributed by atoms with Crippen molar-refractivity contribution in [2.24, 2.45) is 0 Å². The first kappa shape index (κ1) is 15.8. The first-order valence-corrected chi connectivity index (χ1v) is 7.65. The molecule has 0 saturated carbocycles. The maximum atomic E-state index is 13.0. The van der Waals surface area contributed by atoms with Gasteiger partial charge in [-0.15, -0.1) is 5.10 Å². The van der Waals surface area contributed by atoms with E-state index in [1.807, 2.05) is 0 Å². The minimum Gasteiger partial charge on any atom is -0.488 e. The average molecular weight is 399 g/mol. The number of nitrogens with two attached hydrogens (primary N) is 1. The Hall–Kier alpha value is -2.12. The van der Waals surface area contributed by atoms with Crippen molar-refractivity contribution in [3.8, 4) is 17.2 Å². The lowest BCUT2D eigenvalue weighted by Crippen LogP contribution is -1.97. The summed E-state index contributed by atoms with van der Waals surface area (Å²) in [6.45, 7) is 0.213. The highest BCUT2D eigenvalue weighted by Crippen LogP contribution is 2.31. The Balaban J connectivity index is 1.76. The van der Waals surface area contributed by atoms with Crippen molar-refractivity contribution in [3.05, 3.63) is 57.3 Å². The van der Waals surface area contributed by atoms with Crippen molar-refractivity contribution in [3.63, 3.8) is 0 Å². The van der Waals surface area contributed by atoms with Crippen molar-refractivity contribution >= 4 is 33.5 Å². The Kier molecular flexibility index (Phi) is 4.49. The van der Waals surface area contributed by atoms with Crippen LogP contribution in [0.25, 0.3) is 11.5 Å². The van der Waals surface area contributed by atoms with E-state index in [-0.39, 0.29) is 18.4 Å². The van der Waals surface area contributed by atoms with Crippen LogP contribution in [0.3, 0.4) is 0 Å². The van der Waals surface area contributed by atoms with Gasteiger partial charge in [0.05, 0.1) is 9.50 Å². The number of anilines is 1. The van der Waals surface area contributed by atoms with Crippen molar-refractivity contribution in [2.45, 2.75) is 6.61 Å². The van der Waals surface area contributed by atoms with E-state index in [0.717, 1.165) is 0 Å². The van der Waals surface area contributed by atoms with Crippen LogP contribution in [0.4, 0.5) is 10.4 Å². The number of aromatic nitrogens is 2. The molecule has 0 atom stereocenters. The quantitative estimate of drug-likeness (QED) is 0.702. The van der Waals surface area contributed by atoms with Crippen LogP contribution in [0.1, 0.15) is 5.56 Å². The molecule has 0 spiro atoms. The first-order valence-electron chi connectivity index (χ1n) is 6.48. The molecule has 0 amide bonds. The van der Waals surface area contributed by atoms with Crippen LogP contribution in [-0.2, 0) is 6.61 Å². The smallest absolute Gasteiger partial charge is 0.313 e. The number of nitrogen functional groups attached to an aromatic ring is 1. The van der Waals surface area contributed by atoms with E-state index in [1.165, 1.54) is 12.1 Å². The molecule has 0 aliphatic rings. The number of rotatable bonds is 4. The monoisotopic (exact) mass is 397 g/mol. The third-order valence-corrected chi connectivity index (χ3v) is 3.99. The Morgan fingerprint density at radius 2 is 2.04 bits per heavy atom. The van der Waals surface area contributed by atoms with Gasteiger partial charge in [0.2, 0.25) is 5.89 Å². The molecule has 23 heavy (non-hydrogen) atoms. The molecule has 0 radical (unpaired) electrons. The molecule has 0 aliphatic carbocycles. The maximum absolute atomic E-state index is 13.0. The van der Waals surface area contributed by atoms with Crippen LogP contribution < -0.4 is 10.5 Å². The number of ether oxygens (including phenoxy) is 1. The van der Waals surface area contributed by atoms with Gasteiger partial charge in [0.15, 0.2) is 0 Å². The van der Waals surface area contributed by atoms with Crippen LogP contribution in [0, 0.1) is 5.82 Å². The first-order chi connectivity index (χ1) is 11.0. The van der Waals surface area contributed by atoms with E-state index >= 15 is 0 Å². The topological polar surface area (TPSA) is 74.2 Å². The van der Waals surface area contributed by atoms with Crippen molar-refractivity contribution in [2.75, 3.05) is 5.73 Å². The fourth-order valence-corrected chi connectivity index (χ4v) is 2.61. The number of benzene rings is 2. The summed E-state index contributed by atoms with van der Waals surface area (Å²) in [6.07, 6.45) is 0. The summed E-state index contributed by atoms with van der Waals surface area (Å²) in [6, 6.07) is 9.45. The summed E-state index contributed by atoms with van der Waals surface area (Å²) < 4.78 is 24.6. The molecule has 0 aliphatic heterocycles. The minimum atomic E-state index is -0.386. The van der Waals surface area contributed by atoms with Crippen LogP contribution in [0.5, 0.6) is 5.75 Å². The van der Waals surface area contributed by atoms with Gasteiger partial charge in [-0.2, -0.15) is 0 Å². The SMILES string of the molecule is Nc1nnc(-c2ccc(OCc3ccc(F)cc3Cl)c(Br)c2)o1. The predicted molar refractivity (Wildman–Crippen MR) is 87.6 cm³/mol. The fourth-order valence-electron chi connectivity index (χ4n) is 1.90. The van der Waals surface area contributed by atoms with Crippen molar-refractivity contribution < 1.29 is 13.5 Å². The lowest BCUT2D eigenvalue weighted by molar-refractivity contribution is 0.304. The van der Waals surface area contributed by atoms with Gasteiger partial charge in [0, 0.05) is 11.1 Å². The molecular formula is C15H10BrClFN3O2. The van der Waals surface area contributed by atoms with Crippen LogP contribution >= 0.6 is 27.5 Å². The maximum Gasteiger partial charge on any atom is 0.313 e. The molecule has 0 unspecified atom stereocenters. The minimum absolute atomic E-state index is 0.00222. The van der Waals surface area contributed by atoms with Gasteiger partial charge in [-0.05, 0) is 46.3 Å². The summed E-state index contributed by atoms with van der Waals surface area (Å²) in [7, 11) is 0. The molecule has 0 fully saturated rings. The summed E-state index contributed by atoms with van der Waals surface area (Å²) in [5.41, 5.74) is 6.80. The number of hydrogen-bond acceptors (Lipinski definition) is 5. The van der Waals surface area contributed by atoms with E-state index in [0.29, 0.717) is 32.3 Å². The molecule has 118 valence electrons. The fraction of sp³-hybridized carbons (Fsp3) is 0.0667.